The van der Waals surface area contributed by atoms with Gasteiger partial charge in [-0.15, -0.1) is 5.10 Å². The Morgan fingerprint density at radius 1 is 1.10 bits per heavy atom. The Balaban J connectivity index is 1.37. The Bertz CT molecular complexity index is 1130. The van der Waals surface area contributed by atoms with Crippen LogP contribution in [-0.2, 0) is 11.3 Å². The maximum atomic E-state index is 6.05. The summed E-state index contributed by atoms with van der Waals surface area (Å²) < 4.78 is 7.87. The Morgan fingerprint density at radius 2 is 2.07 bits per heavy atom. The van der Waals surface area contributed by atoms with Gasteiger partial charge in [0.15, 0.2) is 0 Å². The molecule has 4 aromatic heterocycles. The summed E-state index contributed by atoms with van der Waals surface area (Å²) in [5.41, 5.74) is 6.08. The molecular weight excluding hydrogens is 364 g/mol. The van der Waals surface area contributed by atoms with Gasteiger partial charge in [-0.1, -0.05) is 23.4 Å². The highest BCUT2D eigenvalue weighted by Crippen LogP contribution is 2.27. The largest absolute Gasteiger partial charge is 0.369 e. The second-order valence-corrected chi connectivity index (χ2v) is 7.33. The van der Waals surface area contributed by atoms with E-state index < -0.39 is 0 Å². The first kappa shape index (κ1) is 17.9. The molecule has 1 fully saturated rings. The van der Waals surface area contributed by atoms with Crippen molar-refractivity contribution in [3.63, 3.8) is 0 Å². The number of ether oxygens (including phenoxy) is 1. The second-order valence-electron chi connectivity index (χ2n) is 7.33. The summed E-state index contributed by atoms with van der Waals surface area (Å²) in [5.74, 6) is 0. The number of rotatable bonds is 4. The quantitative estimate of drug-likeness (QED) is 0.537. The third kappa shape index (κ3) is 3.74. The van der Waals surface area contributed by atoms with Crippen molar-refractivity contribution in [2.45, 2.75) is 19.6 Å². The Labute approximate surface area is 169 Å². The summed E-state index contributed by atoms with van der Waals surface area (Å²) in [6.07, 6.45) is 5.50. The van der Waals surface area contributed by atoms with E-state index >= 15 is 0 Å². The lowest BCUT2D eigenvalue weighted by atomic mass is 10.1. The fraction of sp³-hybridized carbons (Fsp3) is 0.273. The van der Waals surface area contributed by atoms with Crippen molar-refractivity contribution in [1.82, 2.24) is 29.7 Å². The molecule has 7 nitrogen and oxygen atoms in total. The van der Waals surface area contributed by atoms with Gasteiger partial charge in [-0.2, -0.15) is 0 Å². The van der Waals surface area contributed by atoms with Gasteiger partial charge in [0.1, 0.15) is 11.8 Å². The molecule has 7 heteroatoms. The molecule has 146 valence electrons. The predicted octanol–water partition coefficient (Wildman–Crippen LogP) is 3.07. The molecule has 1 unspecified atom stereocenters. The van der Waals surface area contributed by atoms with Crippen LogP contribution in [0.2, 0.25) is 0 Å². The highest BCUT2D eigenvalue weighted by atomic mass is 16.5. The number of nitrogens with zero attached hydrogens (tertiary/aromatic N) is 6. The molecule has 1 atom stereocenters. The number of fused-ring (bicyclic) bond motifs is 1. The molecule has 0 amide bonds. The van der Waals surface area contributed by atoms with E-state index in [1.165, 1.54) is 0 Å². The first-order chi connectivity index (χ1) is 14.3. The van der Waals surface area contributed by atoms with Gasteiger partial charge in [-0.05, 0) is 31.2 Å². The standard InChI is InChI=1S/C22H22N6O/c1-16-4-2-6-19(24-16)14-27-10-11-29-21(15-27)22-20-8-7-18(13-28(20)26-25-22)17-5-3-9-23-12-17/h2-9,12-13,21H,10-11,14-15H2,1H3. The van der Waals surface area contributed by atoms with E-state index in [0.29, 0.717) is 6.61 Å². The van der Waals surface area contributed by atoms with E-state index in [9.17, 15) is 0 Å². The average Bonchev–Trinajstić information content (AvgIpc) is 3.18. The molecule has 0 N–H and O–H groups in total. The Hall–Kier alpha value is -3.16. The van der Waals surface area contributed by atoms with Gasteiger partial charge in [-0.25, -0.2) is 4.52 Å². The van der Waals surface area contributed by atoms with E-state index in [0.717, 1.165) is 53.4 Å². The summed E-state index contributed by atoms with van der Waals surface area (Å²) in [5, 5.41) is 8.78. The molecule has 0 radical (unpaired) electrons. The molecule has 1 saturated heterocycles. The number of hydrogen-bond acceptors (Lipinski definition) is 6. The van der Waals surface area contributed by atoms with Crippen molar-refractivity contribution < 1.29 is 4.74 Å². The molecule has 5 heterocycles. The minimum absolute atomic E-state index is 0.102. The van der Waals surface area contributed by atoms with Crippen LogP contribution in [0.4, 0.5) is 0 Å². The summed E-state index contributed by atoms with van der Waals surface area (Å²) in [6, 6.07) is 14.3. The maximum absolute atomic E-state index is 6.05. The van der Waals surface area contributed by atoms with Gasteiger partial charge >= 0.3 is 0 Å². The van der Waals surface area contributed by atoms with Crippen LogP contribution >= 0.6 is 0 Å². The van der Waals surface area contributed by atoms with Crippen LogP contribution in [-0.4, -0.2) is 49.4 Å². The Morgan fingerprint density at radius 3 is 2.93 bits per heavy atom. The molecule has 0 bridgehead atoms. The molecule has 1 aliphatic heterocycles. The number of aryl methyl sites for hydroxylation is 1. The minimum atomic E-state index is -0.102. The van der Waals surface area contributed by atoms with Crippen LogP contribution in [0, 0.1) is 6.92 Å². The molecule has 4 aromatic rings. The van der Waals surface area contributed by atoms with Crippen molar-refractivity contribution in [3.05, 3.63) is 78.1 Å². The van der Waals surface area contributed by atoms with Gasteiger partial charge in [0.05, 0.1) is 17.8 Å². The third-order valence-corrected chi connectivity index (χ3v) is 5.22. The normalized spacial score (nSPS) is 17.6. The molecule has 0 aliphatic carbocycles. The molecule has 0 aromatic carbocycles. The van der Waals surface area contributed by atoms with Crippen LogP contribution < -0.4 is 0 Å². The van der Waals surface area contributed by atoms with Crippen LogP contribution in [0.5, 0.6) is 0 Å². The van der Waals surface area contributed by atoms with Gasteiger partial charge in [-0.3, -0.25) is 14.9 Å². The monoisotopic (exact) mass is 386 g/mol. The van der Waals surface area contributed by atoms with Crippen molar-refractivity contribution >= 4 is 5.52 Å². The molecule has 0 spiro atoms. The first-order valence-corrected chi connectivity index (χ1v) is 9.78. The number of pyridine rings is 3. The van der Waals surface area contributed by atoms with Crippen LogP contribution in [0.15, 0.2) is 61.1 Å². The maximum Gasteiger partial charge on any atom is 0.121 e. The highest BCUT2D eigenvalue weighted by Gasteiger charge is 2.26. The summed E-state index contributed by atoms with van der Waals surface area (Å²) >= 11 is 0. The van der Waals surface area contributed by atoms with Crippen LogP contribution in [0.25, 0.3) is 16.6 Å². The zero-order valence-electron chi connectivity index (χ0n) is 16.3. The van der Waals surface area contributed by atoms with E-state index in [1.807, 2.05) is 42.0 Å². The molecular formula is C22H22N6O. The van der Waals surface area contributed by atoms with E-state index in [-0.39, 0.29) is 6.10 Å². The van der Waals surface area contributed by atoms with Gasteiger partial charge in [0.2, 0.25) is 0 Å². The first-order valence-electron chi connectivity index (χ1n) is 9.78. The lowest BCUT2D eigenvalue weighted by Gasteiger charge is -2.31. The number of hydrogen-bond donors (Lipinski definition) is 0. The zero-order chi connectivity index (χ0) is 19.6. The SMILES string of the molecule is Cc1cccc(CN2CCOC(c3nnn4cc(-c5cccnc5)ccc34)C2)n1. The number of aromatic nitrogens is 5. The molecule has 0 saturated carbocycles. The topological polar surface area (TPSA) is 68.4 Å². The summed E-state index contributed by atoms with van der Waals surface area (Å²) in [6.45, 7) is 5.16. The minimum Gasteiger partial charge on any atom is -0.369 e. The summed E-state index contributed by atoms with van der Waals surface area (Å²) in [4.78, 5) is 11.2. The average molecular weight is 386 g/mol. The summed E-state index contributed by atoms with van der Waals surface area (Å²) in [7, 11) is 0. The Kier molecular flexibility index (Phi) is 4.75. The highest BCUT2D eigenvalue weighted by molar-refractivity contribution is 5.65. The lowest BCUT2D eigenvalue weighted by Crippen LogP contribution is -2.38. The van der Waals surface area contributed by atoms with Crippen molar-refractivity contribution in [1.29, 1.82) is 0 Å². The smallest absolute Gasteiger partial charge is 0.121 e. The van der Waals surface area contributed by atoms with Crippen molar-refractivity contribution in [2.75, 3.05) is 19.7 Å². The molecule has 1 aliphatic rings. The molecule has 5 rings (SSSR count). The molecule has 29 heavy (non-hydrogen) atoms. The van der Waals surface area contributed by atoms with Crippen LogP contribution in [0.3, 0.4) is 0 Å². The van der Waals surface area contributed by atoms with E-state index in [1.54, 1.807) is 6.20 Å². The van der Waals surface area contributed by atoms with Gasteiger partial charge in [0, 0.05) is 55.0 Å². The van der Waals surface area contributed by atoms with E-state index in [4.69, 9.17) is 4.74 Å². The van der Waals surface area contributed by atoms with Gasteiger partial charge < -0.3 is 4.74 Å². The number of morpholine rings is 1. The lowest BCUT2D eigenvalue weighted by molar-refractivity contribution is -0.0346. The third-order valence-electron chi connectivity index (χ3n) is 5.22. The van der Waals surface area contributed by atoms with Crippen molar-refractivity contribution in [2.24, 2.45) is 0 Å². The fourth-order valence-corrected chi connectivity index (χ4v) is 3.78. The second kappa shape index (κ2) is 7.69. The predicted molar refractivity (Wildman–Crippen MR) is 109 cm³/mol. The van der Waals surface area contributed by atoms with E-state index in [2.05, 4.69) is 49.4 Å². The van der Waals surface area contributed by atoms with Crippen LogP contribution in [0.1, 0.15) is 23.2 Å². The fourth-order valence-electron chi connectivity index (χ4n) is 3.78. The van der Waals surface area contributed by atoms with Crippen molar-refractivity contribution in [3.8, 4) is 11.1 Å². The zero-order valence-corrected chi connectivity index (χ0v) is 16.3. The van der Waals surface area contributed by atoms with Gasteiger partial charge in [0.25, 0.3) is 0 Å².